The minimum atomic E-state index is -0.271. The van der Waals surface area contributed by atoms with Gasteiger partial charge < -0.3 is 4.52 Å². The van der Waals surface area contributed by atoms with E-state index in [1.807, 2.05) is 43.5 Å². The second kappa shape index (κ2) is 6.78. The molecule has 0 amide bonds. The summed E-state index contributed by atoms with van der Waals surface area (Å²) in [6.45, 7) is 4.17. The Labute approximate surface area is 169 Å². The zero-order chi connectivity index (χ0) is 20.0. The normalized spacial score (nSPS) is 11.4. The monoisotopic (exact) mass is 404 g/mol. The van der Waals surface area contributed by atoms with Crippen LogP contribution in [0.3, 0.4) is 0 Å². The van der Waals surface area contributed by atoms with Crippen LogP contribution in [-0.2, 0) is 6.54 Å². The predicted octanol–water partition coefficient (Wildman–Crippen LogP) is 3.33. The fourth-order valence-electron chi connectivity index (χ4n) is 3.24. The molecule has 9 heteroatoms. The van der Waals surface area contributed by atoms with Crippen molar-refractivity contribution in [2.75, 3.05) is 0 Å². The summed E-state index contributed by atoms with van der Waals surface area (Å²) in [5, 5.41) is 14.6. The van der Waals surface area contributed by atoms with Gasteiger partial charge >= 0.3 is 0 Å². The predicted molar refractivity (Wildman–Crippen MR) is 109 cm³/mol. The lowest BCUT2D eigenvalue weighted by atomic mass is 10.0. The third-order valence-electron chi connectivity index (χ3n) is 4.64. The lowest BCUT2D eigenvalue weighted by molar-refractivity contribution is 0.362. The van der Waals surface area contributed by atoms with Gasteiger partial charge in [0, 0.05) is 5.56 Å². The Balaban J connectivity index is 1.50. The number of aromatic nitrogens is 6. The molecule has 1 aromatic carbocycles. The van der Waals surface area contributed by atoms with Crippen LogP contribution >= 0.6 is 11.3 Å². The van der Waals surface area contributed by atoms with Gasteiger partial charge in [-0.05, 0) is 36.9 Å². The summed E-state index contributed by atoms with van der Waals surface area (Å²) in [4.78, 5) is 18.2. The lowest BCUT2D eigenvalue weighted by Gasteiger charge is -2.02. The molecule has 0 aliphatic heterocycles. The molecule has 0 fully saturated rings. The van der Waals surface area contributed by atoms with E-state index in [0.717, 1.165) is 21.7 Å². The number of benzene rings is 1. The molecular formula is C20H16N6O2S. The summed E-state index contributed by atoms with van der Waals surface area (Å²) in [5.74, 6) is 0.826. The van der Waals surface area contributed by atoms with Gasteiger partial charge in [-0.25, -0.2) is 9.20 Å². The van der Waals surface area contributed by atoms with Crippen molar-refractivity contribution in [3.05, 3.63) is 75.5 Å². The van der Waals surface area contributed by atoms with Gasteiger partial charge in [-0.15, -0.1) is 11.3 Å². The Bertz CT molecular complexity index is 1380. The largest absolute Gasteiger partial charge is 0.337 e. The molecule has 144 valence electrons. The van der Waals surface area contributed by atoms with E-state index in [9.17, 15) is 4.79 Å². The molecule has 0 N–H and O–H groups in total. The highest BCUT2D eigenvalue weighted by molar-refractivity contribution is 7.13. The van der Waals surface area contributed by atoms with Crippen molar-refractivity contribution in [1.29, 1.82) is 0 Å². The van der Waals surface area contributed by atoms with Crippen molar-refractivity contribution in [2.24, 2.45) is 0 Å². The molecule has 5 rings (SSSR count). The fraction of sp³-hybridized carbons (Fsp3) is 0.150. The molecule has 0 saturated heterocycles. The van der Waals surface area contributed by atoms with Crippen LogP contribution in [-0.4, -0.2) is 29.5 Å². The molecule has 0 aliphatic rings. The van der Waals surface area contributed by atoms with Crippen molar-refractivity contribution >= 4 is 16.9 Å². The molecule has 0 radical (unpaired) electrons. The van der Waals surface area contributed by atoms with Gasteiger partial charge in [0.2, 0.25) is 11.7 Å². The Morgan fingerprint density at radius 2 is 2.07 bits per heavy atom. The average molecular weight is 404 g/mol. The Hall–Kier alpha value is -3.59. The number of fused-ring (bicyclic) bond motifs is 1. The van der Waals surface area contributed by atoms with Crippen LogP contribution < -0.4 is 5.56 Å². The van der Waals surface area contributed by atoms with Gasteiger partial charge in [0.15, 0.2) is 0 Å². The molecule has 29 heavy (non-hydrogen) atoms. The molecule has 0 atom stereocenters. The van der Waals surface area contributed by atoms with Crippen LogP contribution in [0.2, 0.25) is 0 Å². The van der Waals surface area contributed by atoms with Crippen molar-refractivity contribution in [3.8, 4) is 22.0 Å². The molecule has 5 aromatic rings. The summed E-state index contributed by atoms with van der Waals surface area (Å²) >= 11 is 1.52. The lowest BCUT2D eigenvalue weighted by Crippen LogP contribution is -2.25. The molecule has 0 bridgehead atoms. The third kappa shape index (κ3) is 3.15. The maximum absolute atomic E-state index is 12.9. The molecule has 0 saturated carbocycles. The Kier molecular flexibility index (Phi) is 4.09. The SMILES string of the molecule is Cc1ccc(-c2cc3c(=O)n(Cc4nc(-c5cccs5)no4)ncn3n2)c(C)c1. The number of thiophene rings is 1. The van der Waals surface area contributed by atoms with E-state index in [-0.39, 0.29) is 12.1 Å². The highest BCUT2D eigenvalue weighted by atomic mass is 32.1. The van der Waals surface area contributed by atoms with Crippen LogP contribution in [0.4, 0.5) is 0 Å². The first kappa shape index (κ1) is 17.5. The van der Waals surface area contributed by atoms with Crippen molar-refractivity contribution in [2.45, 2.75) is 20.4 Å². The number of aryl methyl sites for hydroxylation is 2. The summed E-state index contributed by atoms with van der Waals surface area (Å²) in [6, 6.07) is 11.8. The van der Waals surface area contributed by atoms with Crippen LogP contribution in [0.25, 0.3) is 27.5 Å². The van der Waals surface area contributed by atoms with Crippen LogP contribution in [0.15, 0.2) is 57.4 Å². The first-order valence-corrected chi connectivity index (χ1v) is 9.86. The van der Waals surface area contributed by atoms with Gasteiger partial charge in [0.1, 0.15) is 18.4 Å². The minimum absolute atomic E-state index is 0.0950. The standard InChI is InChI=1S/C20H16N6O2S/c1-12-5-6-14(13(2)8-12)15-9-16-20(27)25(21-11-26(16)23-15)10-18-22-19(24-28-18)17-4-3-7-29-17/h3-9,11H,10H2,1-2H3. The van der Waals surface area contributed by atoms with Crippen LogP contribution in [0, 0.1) is 13.8 Å². The van der Waals surface area contributed by atoms with E-state index in [1.165, 1.54) is 32.4 Å². The minimum Gasteiger partial charge on any atom is -0.337 e. The number of nitrogens with zero attached hydrogens (tertiary/aromatic N) is 6. The van der Waals surface area contributed by atoms with E-state index < -0.39 is 0 Å². The Morgan fingerprint density at radius 3 is 2.86 bits per heavy atom. The van der Waals surface area contributed by atoms with E-state index in [2.05, 4.69) is 26.4 Å². The van der Waals surface area contributed by atoms with Crippen LogP contribution in [0.1, 0.15) is 17.0 Å². The zero-order valence-corrected chi connectivity index (χ0v) is 16.6. The van der Waals surface area contributed by atoms with Gasteiger partial charge in [-0.1, -0.05) is 35.0 Å². The average Bonchev–Trinajstić information content (AvgIpc) is 3.44. The van der Waals surface area contributed by atoms with Crippen molar-refractivity contribution < 1.29 is 4.52 Å². The summed E-state index contributed by atoms with van der Waals surface area (Å²) in [6.07, 6.45) is 1.51. The summed E-state index contributed by atoms with van der Waals surface area (Å²) in [7, 11) is 0. The number of hydrogen-bond donors (Lipinski definition) is 0. The first-order valence-electron chi connectivity index (χ1n) is 8.98. The molecule has 8 nitrogen and oxygen atoms in total. The Morgan fingerprint density at radius 1 is 1.17 bits per heavy atom. The number of rotatable bonds is 4. The smallest absolute Gasteiger partial charge is 0.293 e. The van der Waals surface area contributed by atoms with Crippen molar-refractivity contribution in [1.82, 2.24) is 29.5 Å². The molecule has 4 heterocycles. The van der Waals surface area contributed by atoms with Gasteiger partial charge in [-0.3, -0.25) is 4.79 Å². The molecule has 0 aliphatic carbocycles. The molecule has 0 spiro atoms. The van der Waals surface area contributed by atoms with Crippen LogP contribution in [0.5, 0.6) is 0 Å². The maximum Gasteiger partial charge on any atom is 0.293 e. The fourth-order valence-corrected chi connectivity index (χ4v) is 3.89. The molecule has 0 unspecified atom stereocenters. The maximum atomic E-state index is 12.9. The summed E-state index contributed by atoms with van der Waals surface area (Å²) < 4.78 is 8.08. The van der Waals surface area contributed by atoms with E-state index in [4.69, 9.17) is 4.52 Å². The van der Waals surface area contributed by atoms with Gasteiger partial charge in [0.05, 0.1) is 10.6 Å². The number of hydrogen-bond acceptors (Lipinski definition) is 7. The second-order valence-electron chi connectivity index (χ2n) is 6.76. The summed E-state index contributed by atoms with van der Waals surface area (Å²) in [5.41, 5.74) is 4.17. The van der Waals surface area contributed by atoms with E-state index >= 15 is 0 Å². The topological polar surface area (TPSA) is 91.1 Å². The third-order valence-corrected chi connectivity index (χ3v) is 5.51. The first-order chi connectivity index (χ1) is 14.1. The zero-order valence-electron chi connectivity index (χ0n) is 15.7. The molecular weight excluding hydrogens is 388 g/mol. The highest BCUT2D eigenvalue weighted by Crippen LogP contribution is 2.24. The van der Waals surface area contributed by atoms with Gasteiger partial charge in [-0.2, -0.15) is 15.2 Å². The van der Waals surface area contributed by atoms with E-state index in [0.29, 0.717) is 17.2 Å². The molecule has 4 aromatic heterocycles. The van der Waals surface area contributed by atoms with E-state index in [1.54, 1.807) is 6.07 Å². The second-order valence-corrected chi connectivity index (χ2v) is 7.71. The quantitative estimate of drug-likeness (QED) is 0.456. The van der Waals surface area contributed by atoms with Crippen molar-refractivity contribution in [3.63, 3.8) is 0 Å². The van der Waals surface area contributed by atoms with Gasteiger partial charge in [0.25, 0.3) is 5.56 Å². The highest BCUT2D eigenvalue weighted by Gasteiger charge is 2.15.